The van der Waals surface area contributed by atoms with E-state index in [2.05, 4.69) is 26.0 Å². The Balaban J connectivity index is 1.94. The Kier molecular flexibility index (Phi) is 4.08. The van der Waals surface area contributed by atoms with Crippen molar-refractivity contribution >= 4 is 10.0 Å². The zero-order chi connectivity index (χ0) is 15.0. The van der Waals surface area contributed by atoms with E-state index in [4.69, 9.17) is 4.74 Å². The van der Waals surface area contributed by atoms with Gasteiger partial charge in [-0.3, -0.25) is 0 Å². The van der Waals surface area contributed by atoms with E-state index in [0.717, 1.165) is 18.4 Å². The molecular formula is C16H23NO3S. The van der Waals surface area contributed by atoms with Crippen molar-refractivity contribution in [2.75, 3.05) is 19.8 Å². The number of sulfonamides is 1. The molecule has 2 aliphatic rings. The van der Waals surface area contributed by atoms with Gasteiger partial charge < -0.3 is 4.74 Å². The minimum Gasteiger partial charge on any atom is -0.380 e. The maximum atomic E-state index is 12.9. The average Bonchev–Trinajstić information content (AvgIpc) is 3.12. The Morgan fingerprint density at radius 1 is 1.24 bits per heavy atom. The summed E-state index contributed by atoms with van der Waals surface area (Å²) < 4.78 is 32.7. The molecule has 1 aromatic rings. The first-order valence-corrected chi connectivity index (χ1v) is 9.16. The van der Waals surface area contributed by atoms with Crippen LogP contribution in [0.5, 0.6) is 0 Å². The maximum Gasteiger partial charge on any atom is 0.219 e. The summed E-state index contributed by atoms with van der Waals surface area (Å²) in [7, 11) is -3.26. The van der Waals surface area contributed by atoms with Crippen LogP contribution in [0.3, 0.4) is 0 Å². The molecule has 0 aromatic heterocycles. The van der Waals surface area contributed by atoms with Crippen LogP contribution >= 0.6 is 0 Å². The Bertz CT molecular complexity index is 620. The largest absolute Gasteiger partial charge is 0.380 e. The van der Waals surface area contributed by atoms with Gasteiger partial charge in [-0.2, -0.15) is 4.31 Å². The monoisotopic (exact) mass is 309 g/mol. The molecule has 5 heteroatoms. The summed E-state index contributed by atoms with van der Waals surface area (Å²) >= 11 is 0. The van der Waals surface area contributed by atoms with Crippen molar-refractivity contribution in [1.82, 2.24) is 4.31 Å². The zero-order valence-corrected chi connectivity index (χ0v) is 13.5. The van der Waals surface area contributed by atoms with E-state index in [1.807, 2.05) is 6.07 Å². The first-order valence-electron chi connectivity index (χ1n) is 7.66. The van der Waals surface area contributed by atoms with Crippen molar-refractivity contribution in [2.45, 2.75) is 44.4 Å². The minimum absolute atomic E-state index is 0.00417. The smallest absolute Gasteiger partial charge is 0.219 e. The van der Waals surface area contributed by atoms with Gasteiger partial charge in [0.05, 0.1) is 12.6 Å². The van der Waals surface area contributed by atoms with Crippen molar-refractivity contribution in [3.63, 3.8) is 0 Å². The number of nitrogens with zero attached hydrogens (tertiary/aromatic N) is 1. The lowest BCUT2D eigenvalue weighted by atomic mass is 9.97. The lowest BCUT2D eigenvalue weighted by molar-refractivity contribution is 0.197. The molecule has 2 atom stereocenters. The fourth-order valence-corrected chi connectivity index (χ4v) is 5.43. The number of ether oxygens (including phenoxy) is 1. The van der Waals surface area contributed by atoms with Gasteiger partial charge in [0.1, 0.15) is 5.25 Å². The number of hydrogen-bond acceptors (Lipinski definition) is 3. The molecule has 0 aliphatic carbocycles. The number of hydrogen-bond donors (Lipinski definition) is 0. The van der Waals surface area contributed by atoms with E-state index in [-0.39, 0.29) is 11.3 Å². The van der Waals surface area contributed by atoms with Gasteiger partial charge in [0.25, 0.3) is 0 Å². The lowest BCUT2D eigenvalue weighted by Gasteiger charge is -2.28. The van der Waals surface area contributed by atoms with Crippen LogP contribution < -0.4 is 0 Å². The highest BCUT2D eigenvalue weighted by Crippen LogP contribution is 2.38. The van der Waals surface area contributed by atoms with E-state index >= 15 is 0 Å². The van der Waals surface area contributed by atoms with Crippen LogP contribution in [-0.4, -0.2) is 37.7 Å². The quantitative estimate of drug-likeness (QED) is 0.862. The van der Waals surface area contributed by atoms with Gasteiger partial charge in [0.15, 0.2) is 0 Å². The summed E-state index contributed by atoms with van der Waals surface area (Å²) in [5, 5.41) is -0.358. The predicted molar refractivity (Wildman–Crippen MR) is 82.7 cm³/mol. The second-order valence-electron chi connectivity index (χ2n) is 6.09. The Labute approximate surface area is 127 Å². The zero-order valence-electron chi connectivity index (χ0n) is 12.7. The van der Waals surface area contributed by atoms with E-state index in [1.54, 1.807) is 4.31 Å². The predicted octanol–water partition coefficient (Wildman–Crippen LogP) is 2.56. The maximum absolute atomic E-state index is 12.9. The van der Waals surface area contributed by atoms with Gasteiger partial charge in [-0.15, -0.1) is 0 Å². The number of aryl methyl sites for hydroxylation is 1. The molecule has 0 saturated carbocycles. The summed E-state index contributed by atoms with van der Waals surface area (Å²) in [4.78, 5) is 0. The third kappa shape index (κ3) is 2.62. The number of benzene rings is 1. The fourth-order valence-electron chi connectivity index (χ4n) is 3.43. The first kappa shape index (κ1) is 15.0. The van der Waals surface area contributed by atoms with Crippen LogP contribution in [0, 0.1) is 13.8 Å². The summed E-state index contributed by atoms with van der Waals surface area (Å²) in [6, 6.07) is 6.18. The molecule has 0 spiro atoms. The Morgan fingerprint density at radius 2 is 2.05 bits per heavy atom. The highest BCUT2D eigenvalue weighted by atomic mass is 32.2. The van der Waals surface area contributed by atoms with Crippen molar-refractivity contribution in [1.29, 1.82) is 0 Å². The van der Waals surface area contributed by atoms with Crippen LogP contribution in [0.15, 0.2) is 18.2 Å². The van der Waals surface area contributed by atoms with E-state index in [1.165, 1.54) is 11.1 Å². The molecule has 2 saturated heterocycles. The van der Waals surface area contributed by atoms with Gasteiger partial charge in [-0.25, -0.2) is 8.42 Å². The Morgan fingerprint density at radius 3 is 2.76 bits per heavy atom. The molecule has 0 N–H and O–H groups in total. The van der Waals surface area contributed by atoms with Crippen molar-refractivity contribution in [3.05, 3.63) is 34.9 Å². The molecule has 3 rings (SSSR count). The molecule has 4 nitrogen and oxygen atoms in total. The highest BCUT2D eigenvalue weighted by molar-refractivity contribution is 7.89. The van der Waals surface area contributed by atoms with Crippen molar-refractivity contribution < 1.29 is 13.2 Å². The molecule has 0 unspecified atom stereocenters. The van der Waals surface area contributed by atoms with Crippen LogP contribution in [0.2, 0.25) is 0 Å². The highest BCUT2D eigenvalue weighted by Gasteiger charge is 2.41. The van der Waals surface area contributed by atoms with Gasteiger partial charge >= 0.3 is 0 Å². The summed E-state index contributed by atoms with van der Waals surface area (Å²) in [5.41, 5.74) is 3.60. The summed E-state index contributed by atoms with van der Waals surface area (Å²) in [6.07, 6.45) is 2.47. The average molecular weight is 309 g/mol. The third-order valence-corrected chi connectivity index (χ3v) is 7.15. The first-order chi connectivity index (χ1) is 10.0. The second-order valence-corrected chi connectivity index (χ2v) is 8.25. The topological polar surface area (TPSA) is 46.6 Å². The fraction of sp³-hybridized carbons (Fsp3) is 0.625. The third-order valence-electron chi connectivity index (χ3n) is 4.85. The standard InChI is InChI=1S/C16H23NO3S/c1-12-5-3-6-15(13(12)2)16-7-4-9-17(16)21(18,19)14-8-10-20-11-14/h3,5-6,14,16H,4,7-11H2,1-2H3/t14-,16-/m1/s1. The summed E-state index contributed by atoms with van der Waals surface area (Å²) in [6.45, 7) is 5.71. The van der Waals surface area contributed by atoms with Crippen LogP contribution in [0.1, 0.15) is 42.0 Å². The lowest BCUT2D eigenvalue weighted by Crippen LogP contribution is -2.38. The van der Waals surface area contributed by atoms with E-state index in [9.17, 15) is 8.42 Å². The van der Waals surface area contributed by atoms with Crippen LogP contribution in [0.4, 0.5) is 0 Å². The minimum atomic E-state index is -3.26. The molecule has 1 aromatic carbocycles. The molecule has 0 amide bonds. The Hall–Kier alpha value is -0.910. The molecule has 116 valence electrons. The van der Waals surface area contributed by atoms with Crippen molar-refractivity contribution in [3.8, 4) is 0 Å². The van der Waals surface area contributed by atoms with E-state index < -0.39 is 10.0 Å². The normalized spacial score (nSPS) is 27.3. The van der Waals surface area contributed by atoms with Crippen molar-refractivity contribution in [2.24, 2.45) is 0 Å². The SMILES string of the molecule is Cc1cccc([C@H]2CCCN2S(=O)(=O)[C@@H]2CCOC2)c1C. The molecular weight excluding hydrogens is 286 g/mol. The van der Waals surface area contributed by atoms with Gasteiger partial charge in [0.2, 0.25) is 10.0 Å². The molecule has 0 bridgehead atoms. The van der Waals surface area contributed by atoms with Gasteiger partial charge in [-0.1, -0.05) is 18.2 Å². The summed E-state index contributed by atoms with van der Waals surface area (Å²) in [5.74, 6) is 0. The van der Waals surface area contributed by atoms with Gasteiger partial charge in [-0.05, 0) is 49.8 Å². The van der Waals surface area contributed by atoms with Crippen LogP contribution in [-0.2, 0) is 14.8 Å². The van der Waals surface area contributed by atoms with Crippen LogP contribution in [0.25, 0.3) is 0 Å². The molecule has 2 aliphatic heterocycles. The number of rotatable bonds is 3. The molecule has 2 fully saturated rings. The second kappa shape index (κ2) is 5.71. The molecule has 21 heavy (non-hydrogen) atoms. The van der Waals surface area contributed by atoms with Gasteiger partial charge in [0, 0.05) is 13.2 Å². The van der Waals surface area contributed by atoms with E-state index in [0.29, 0.717) is 26.2 Å². The molecule has 0 radical (unpaired) electrons. The molecule has 2 heterocycles.